The van der Waals surface area contributed by atoms with E-state index in [4.69, 9.17) is 0 Å². The minimum atomic E-state index is -4.81. The van der Waals surface area contributed by atoms with Gasteiger partial charge in [-0.1, -0.05) is 34.9 Å². The molecule has 0 atom stereocenters. The number of hydrogen-bond donors (Lipinski definition) is 2. The highest BCUT2D eigenvalue weighted by Crippen LogP contribution is 2.30. The summed E-state index contributed by atoms with van der Waals surface area (Å²) in [6.07, 6.45) is -9.62. The molecule has 0 fully saturated rings. The summed E-state index contributed by atoms with van der Waals surface area (Å²) >= 11 is 3.29. The Morgan fingerprint density at radius 2 is 1.05 bits per heavy atom. The van der Waals surface area contributed by atoms with Gasteiger partial charge in [0.15, 0.2) is 8.68 Å². The number of ether oxygens (including phenoxy) is 2. The number of thioether (sulfide) groups is 2. The number of amides is 2. The maximum Gasteiger partial charge on any atom is 0.573 e. The molecule has 8 nitrogen and oxygen atoms in total. The predicted octanol–water partition coefficient (Wildman–Crippen LogP) is 5.80. The molecule has 2 N–H and O–H groups in total. The van der Waals surface area contributed by atoms with Crippen LogP contribution in [0.1, 0.15) is 0 Å². The van der Waals surface area contributed by atoms with Crippen LogP contribution < -0.4 is 20.1 Å². The van der Waals surface area contributed by atoms with Gasteiger partial charge in [0.05, 0.1) is 11.5 Å². The number of rotatable bonds is 10. The normalized spacial score (nSPS) is 11.6. The zero-order chi connectivity index (χ0) is 27.1. The molecule has 0 aliphatic carbocycles. The second-order valence-corrected chi connectivity index (χ2v) is 10.1. The number of halogens is 6. The van der Waals surface area contributed by atoms with Crippen molar-refractivity contribution in [2.45, 2.75) is 21.4 Å². The zero-order valence-electron chi connectivity index (χ0n) is 18.1. The fraction of sp³-hybridized carbons (Fsp3) is 0.200. The van der Waals surface area contributed by atoms with Gasteiger partial charge in [-0.05, 0) is 48.5 Å². The molecular formula is C20H14F6N4O4S3. The molecule has 0 unspecified atom stereocenters. The second-order valence-electron chi connectivity index (χ2n) is 6.65. The molecule has 3 aromatic rings. The van der Waals surface area contributed by atoms with Crippen LogP contribution >= 0.6 is 34.9 Å². The van der Waals surface area contributed by atoms with Crippen molar-refractivity contribution in [1.82, 2.24) is 10.2 Å². The molecule has 3 rings (SSSR count). The minimum Gasteiger partial charge on any atom is -0.406 e. The van der Waals surface area contributed by atoms with Crippen LogP contribution in [0.3, 0.4) is 0 Å². The summed E-state index contributed by atoms with van der Waals surface area (Å²) in [6, 6.07) is 9.32. The zero-order valence-corrected chi connectivity index (χ0v) is 20.5. The first-order valence-corrected chi connectivity index (χ1v) is 12.5. The largest absolute Gasteiger partial charge is 0.573 e. The number of aromatic nitrogens is 2. The summed E-state index contributed by atoms with van der Waals surface area (Å²) in [4.78, 5) is 24.2. The number of nitrogens with one attached hydrogen (secondary N) is 2. The maximum absolute atomic E-state index is 12.2. The number of carbonyl (C=O) groups excluding carboxylic acids is 2. The lowest BCUT2D eigenvalue weighted by molar-refractivity contribution is -0.275. The molecule has 37 heavy (non-hydrogen) atoms. The topological polar surface area (TPSA) is 102 Å². The Morgan fingerprint density at radius 3 is 1.38 bits per heavy atom. The summed E-state index contributed by atoms with van der Waals surface area (Å²) in [5, 5.41) is 12.9. The Balaban J connectivity index is 1.39. The van der Waals surface area contributed by atoms with Crippen molar-refractivity contribution in [2.75, 3.05) is 22.1 Å². The van der Waals surface area contributed by atoms with Gasteiger partial charge in [0.2, 0.25) is 11.8 Å². The standard InChI is InChI=1S/C20H14F6N4O4S3/c21-19(22,23)33-13-5-1-11(2-6-13)27-15(31)9-35-17-29-30-18(37-17)36-10-16(32)28-12-3-7-14(8-4-12)34-20(24,25)26/h1-8H,9-10H2,(H,27,31)(H,28,32). The van der Waals surface area contributed by atoms with Gasteiger partial charge in [0, 0.05) is 11.4 Å². The first kappa shape index (κ1) is 28.4. The molecule has 0 radical (unpaired) electrons. The minimum absolute atomic E-state index is 0.0470. The smallest absolute Gasteiger partial charge is 0.406 e. The molecule has 1 aromatic heterocycles. The van der Waals surface area contributed by atoms with E-state index in [1.54, 1.807) is 0 Å². The molecule has 0 bridgehead atoms. The van der Waals surface area contributed by atoms with Crippen molar-refractivity contribution in [2.24, 2.45) is 0 Å². The van der Waals surface area contributed by atoms with E-state index in [9.17, 15) is 35.9 Å². The number of anilines is 2. The Bertz CT molecular complexity index is 1110. The molecule has 0 spiro atoms. The first-order valence-electron chi connectivity index (χ1n) is 9.75. The molecule has 17 heteroatoms. The predicted molar refractivity (Wildman–Crippen MR) is 125 cm³/mol. The van der Waals surface area contributed by atoms with E-state index in [0.717, 1.165) is 59.1 Å². The Kier molecular flexibility index (Phi) is 9.50. The summed E-state index contributed by atoms with van der Waals surface area (Å²) in [5.74, 6) is -1.78. The third-order valence-corrected chi connectivity index (χ3v) is 6.97. The molecule has 0 aliphatic heterocycles. The molecule has 2 amide bonds. The summed E-state index contributed by atoms with van der Waals surface area (Å²) in [5.41, 5.74) is 0.560. The Hall–Kier alpha value is -3.18. The van der Waals surface area contributed by atoms with E-state index in [1.165, 1.54) is 24.3 Å². The first-order chi connectivity index (χ1) is 17.3. The number of nitrogens with zero attached hydrogens (tertiary/aromatic N) is 2. The van der Waals surface area contributed by atoms with Crippen molar-refractivity contribution in [1.29, 1.82) is 0 Å². The van der Waals surface area contributed by atoms with Crippen LogP contribution in [0, 0.1) is 0 Å². The van der Waals surface area contributed by atoms with E-state index in [-0.39, 0.29) is 22.9 Å². The van der Waals surface area contributed by atoms with Gasteiger partial charge in [0.1, 0.15) is 11.5 Å². The molecule has 0 saturated carbocycles. The Labute approximate surface area is 217 Å². The lowest BCUT2D eigenvalue weighted by Crippen LogP contribution is -2.17. The van der Waals surface area contributed by atoms with Gasteiger partial charge in [-0.3, -0.25) is 9.59 Å². The van der Waals surface area contributed by atoms with Crippen LogP contribution in [0.4, 0.5) is 37.7 Å². The van der Waals surface area contributed by atoms with E-state index in [1.807, 2.05) is 0 Å². The van der Waals surface area contributed by atoms with Crippen LogP contribution in [-0.2, 0) is 9.59 Å². The third-order valence-electron chi connectivity index (χ3n) is 3.78. The molecule has 0 saturated heterocycles. The van der Waals surface area contributed by atoms with Gasteiger partial charge < -0.3 is 20.1 Å². The maximum atomic E-state index is 12.2. The average molecular weight is 585 g/mol. The molecule has 2 aromatic carbocycles. The van der Waals surface area contributed by atoms with Crippen LogP contribution in [0.15, 0.2) is 57.2 Å². The van der Waals surface area contributed by atoms with Crippen molar-refractivity contribution in [3.05, 3.63) is 48.5 Å². The highest BCUT2D eigenvalue weighted by Gasteiger charge is 2.31. The molecule has 0 aliphatic rings. The van der Waals surface area contributed by atoms with Gasteiger partial charge >= 0.3 is 12.7 Å². The van der Waals surface area contributed by atoms with E-state index in [2.05, 4.69) is 30.3 Å². The van der Waals surface area contributed by atoms with Gasteiger partial charge in [-0.25, -0.2) is 0 Å². The van der Waals surface area contributed by atoms with Crippen molar-refractivity contribution in [3.63, 3.8) is 0 Å². The van der Waals surface area contributed by atoms with Crippen molar-refractivity contribution in [3.8, 4) is 11.5 Å². The van der Waals surface area contributed by atoms with E-state index >= 15 is 0 Å². The third kappa shape index (κ3) is 10.8. The lowest BCUT2D eigenvalue weighted by atomic mass is 10.3. The fourth-order valence-electron chi connectivity index (χ4n) is 2.44. The summed E-state index contributed by atoms with van der Waals surface area (Å²) in [7, 11) is 0. The highest BCUT2D eigenvalue weighted by molar-refractivity contribution is 8.03. The number of benzene rings is 2. The van der Waals surface area contributed by atoms with E-state index in [0.29, 0.717) is 8.68 Å². The monoisotopic (exact) mass is 584 g/mol. The molecule has 198 valence electrons. The van der Waals surface area contributed by atoms with Crippen LogP contribution in [0.2, 0.25) is 0 Å². The fourth-order valence-corrected chi connectivity index (χ4v) is 5.06. The van der Waals surface area contributed by atoms with Crippen LogP contribution in [0.5, 0.6) is 11.5 Å². The quantitative estimate of drug-likeness (QED) is 0.228. The molecular weight excluding hydrogens is 570 g/mol. The molecule has 1 heterocycles. The van der Waals surface area contributed by atoms with Crippen LogP contribution in [-0.4, -0.2) is 46.2 Å². The summed E-state index contributed by atoms with van der Waals surface area (Å²) < 4.78 is 81.5. The number of alkyl halides is 6. The van der Waals surface area contributed by atoms with Crippen molar-refractivity contribution < 1.29 is 45.4 Å². The summed E-state index contributed by atoms with van der Waals surface area (Å²) in [6.45, 7) is 0. The van der Waals surface area contributed by atoms with E-state index < -0.39 is 36.0 Å². The van der Waals surface area contributed by atoms with Crippen molar-refractivity contribution >= 4 is 58.0 Å². The highest BCUT2D eigenvalue weighted by atomic mass is 32.2. The van der Waals surface area contributed by atoms with Gasteiger partial charge in [-0.15, -0.1) is 36.5 Å². The average Bonchev–Trinajstić information content (AvgIpc) is 3.25. The van der Waals surface area contributed by atoms with Crippen LogP contribution in [0.25, 0.3) is 0 Å². The SMILES string of the molecule is O=C(CSc1nnc(SCC(=O)Nc2ccc(OC(F)(F)F)cc2)s1)Nc1ccc(OC(F)(F)F)cc1. The van der Waals surface area contributed by atoms with Gasteiger partial charge in [0.25, 0.3) is 0 Å². The second kappa shape index (κ2) is 12.4. The number of hydrogen-bond acceptors (Lipinski definition) is 9. The van der Waals surface area contributed by atoms with Gasteiger partial charge in [-0.2, -0.15) is 0 Å². The lowest BCUT2D eigenvalue weighted by Gasteiger charge is -2.09. The number of carbonyl (C=O) groups is 2. The Morgan fingerprint density at radius 1 is 0.703 bits per heavy atom.